The molecule has 4 nitrogen and oxygen atoms in total. The van der Waals surface area contributed by atoms with E-state index < -0.39 is 0 Å². The zero-order valence-electron chi connectivity index (χ0n) is 11.7. The van der Waals surface area contributed by atoms with Crippen molar-refractivity contribution < 1.29 is 0 Å². The number of likely N-dealkylation sites (N-methyl/N-ethyl adjacent to an activating group) is 1. The molecule has 1 aliphatic heterocycles. The topological polar surface area (TPSA) is 23.4 Å². The lowest BCUT2D eigenvalue weighted by Gasteiger charge is -2.32. The van der Waals surface area contributed by atoms with Gasteiger partial charge in [0.1, 0.15) is 0 Å². The van der Waals surface area contributed by atoms with Crippen LogP contribution >= 0.6 is 0 Å². The van der Waals surface area contributed by atoms with E-state index in [1.165, 1.54) is 38.3 Å². The van der Waals surface area contributed by atoms with Crippen molar-refractivity contribution in [3.8, 4) is 0 Å². The van der Waals surface area contributed by atoms with E-state index >= 15 is 0 Å². The molecule has 1 aliphatic rings. The lowest BCUT2D eigenvalue weighted by Crippen LogP contribution is -2.46. The van der Waals surface area contributed by atoms with Crippen LogP contribution in [-0.4, -0.2) is 60.7 Å². The number of nitrogens with one attached hydrogen (secondary N) is 1. The zero-order chi connectivity index (χ0) is 12.8. The van der Waals surface area contributed by atoms with Crippen LogP contribution in [0, 0.1) is 0 Å². The Morgan fingerprint density at radius 1 is 1.22 bits per heavy atom. The van der Waals surface area contributed by atoms with Crippen LogP contribution in [0.4, 0.5) is 0 Å². The number of aromatic nitrogens is 1. The lowest BCUT2D eigenvalue weighted by atomic mass is 10.3. The second-order valence-corrected chi connectivity index (χ2v) is 5.17. The first kappa shape index (κ1) is 13.6. The van der Waals surface area contributed by atoms with E-state index in [1.54, 1.807) is 0 Å². The van der Waals surface area contributed by atoms with E-state index in [1.807, 2.05) is 0 Å². The van der Waals surface area contributed by atoms with Crippen molar-refractivity contribution >= 4 is 0 Å². The lowest BCUT2D eigenvalue weighted by molar-refractivity contribution is 0.154. The van der Waals surface area contributed by atoms with Gasteiger partial charge in [-0.2, -0.15) is 0 Å². The van der Waals surface area contributed by atoms with E-state index in [-0.39, 0.29) is 0 Å². The number of nitrogens with zero attached hydrogens (tertiary/aromatic N) is 3. The fourth-order valence-corrected chi connectivity index (χ4v) is 2.33. The van der Waals surface area contributed by atoms with Gasteiger partial charge in [0.15, 0.2) is 0 Å². The van der Waals surface area contributed by atoms with E-state index in [0.29, 0.717) is 0 Å². The molecule has 0 aromatic carbocycles. The third kappa shape index (κ3) is 4.12. The zero-order valence-corrected chi connectivity index (χ0v) is 11.7. The minimum atomic E-state index is 0.987. The second-order valence-electron chi connectivity index (χ2n) is 5.17. The van der Waals surface area contributed by atoms with Gasteiger partial charge in [-0.1, -0.05) is 0 Å². The summed E-state index contributed by atoms with van der Waals surface area (Å²) in [6.07, 6.45) is 4.38. The van der Waals surface area contributed by atoms with Crippen LogP contribution in [-0.2, 0) is 13.1 Å². The smallest absolute Gasteiger partial charge is 0.0221 e. The molecule has 102 valence electrons. The first-order valence-electron chi connectivity index (χ1n) is 7.04. The summed E-state index contributed by atoms with van der Waals surface area (Å²) in [6.45, 7) is 11.3. The second kappa shape index (κ2) is 6.92. The van der Waals surface area contributed by atoms with Gasteiger partial charge in [-0.05, 0) is 25.6 Å². The molecule has 4 heteroatoms. The highest BCUT2D eigenvalue weighted by molar-refractivity contribution is 5.09. The minimum absolute atomic E-state index is 0.987. The highest BCUT2D eigenvalue weighted by Gasteiger charge is 2.12. The minimum Gasteiger partial charge on any atom is -0.354 e. The number of aryl methyl sites for hydroxylation is 1. The molecule has 0 aliphatic carbocycles. The molecule has 0 atom stereocenters. The number of hydrogen-bond acceptors (Lipinski definition) is 3. The van der Waals surface area contributed by atoms with Crippen LogP contribution in [0.5, 0.6) is 0 Å². The number of piperazine rings is 1. The van der Waals surface area contributed by atoms with Gasteiger partial charge >= 0.3 is 0 Å². The van der Waals surface area contributed by atoms with Crippen molar-refractivity contribution in [2.24, 2.45) is 0 Å². The van der Waals surface area contributed by atoms with Gasteiger partial charge in [0.2, 0.25) is 0 Å². The van der Waals surface area contributed by atoms with Gasteiger partial charge in [-0.15, -0.1) is 0 Å². The molecule has 1 saturated heterocycles. The fourth-order valence-electron chi connectivity index (χ4n) is 2.33. The maximum absolute atomic E-state index is 3.53. The van der Waals surface area contributed by atoms with E-state index in [4.69, 9.17) is 0 Å². The van der Waals surface area contributed by atoms with Crippen molar-refractivity contribution in [1.29, 1.82) is 0 Å². The molecule has 18 heavy (non-hydrogen) atoms. The molecule has 0 saturated carbocycles. The van der Waals surface area contributed by atoms with Crippen molar-refractivity contribution in [3.63, 3.8) is 0 Å². The Morgan fingerprint density at radius 2 is 2.00 bits per heavy atom. The highest BCUT2D eigenvalue weighted by Crippen LogP contribution is 2.01. The van der Waals surface area contributed by atoms with Crippen molar-refractivity contribution in [3.05, 3.63) is 24.0 Å². The van der Waals surface area contributed by atoms with Crippen LogP contribution < -0.4 is 5.32 Å². The Bertz CT molecular complexity index is 339. The fraction of sp³-hybridized carbons (Fsp3) is 0.714. The van der Waals surface area contributed by atoms with Crippen molar-refractivity contribution in [2.45, 2.75) is 20.0 Å². The van der Waals surface area contributed by atoms with Gasteiger partial charge < -0.3 is 14.8 Å². The molecule has 2 rings (SSSR count). The summed E-state index contributed by atoms with van der Waals surface area (Å²) in [5.74, 6) is 0. The van der Waals surface area contributed by atoms with Gasteiger partial charge in [0.25, 0.3) is 0 Å². The summed E-state index contributed by atoms with van der Waals surface area (Å²) in [5.41, 5.74) is 1.38. The Labute approximate surface area is 111 Å². The summed E-state index contributed by atoms with van der Waals surface area (Å²) in [5, 5.41) is 3.53. The molecule has 0 amide bonds. The molecule has 1 aromatic rings. The molecule has 1 aromatic heterocycles. The third-order valence-electron chi connectivity index (χ3n) is 3.71. The molecular weight excluding hydrogens is 224 g/mol. The largest absolute Gasteiger partial charge is 0.354 e. The van der Waals surface area contributed by atoms with Gasteiger partial charge in [-0.25, -0.2) is 0 Å². The standard InChI is InChI=1S/C14H26N4/c1-3-17-6-4-14(13-17)12-15-5-7-18-10-8-16(2)9-11-18/h4,6,13,15H,3,5,7-12H2,1-2H3. The molecule has 1 N–H and O–H groups in total. The average molecular weight is 250 g/mol. The summed E-state index contributed by atoms with van der Waals surface area (Å²) >= 11 is 0. The first-order chi connectivity index (χ1) is 8.78. The van der Waals surface area contributed by atoms with Crippen LogP contribution in [0.2, 0.25) is 0 Å². The van der Waals surface area contributed by atoms with Crippen LogP contribution in [0.25, 0.3) is 0 Å². The Hall–Kier alpha value is -0.840. The molecule has 0 radical (unpaired) electrons. The predicted molar refractivity (Wildman–Crippen MR) is 75.7 cm³/mol. The quantitative estimate of drug-likeness (QED) is 0.757. The summed E-state index contributed by atoms with van der Waals surface area (Å²) in [4.78, 5) is 4.95. The molecule has 1 fully saturated rings. The molecular formula is C14H26N4. The van der Waals surface area contributed by atoms with E-state index in [0.717, 1.165) is 19.6 Å². The maximum atomic E-state index is 3.53. The average Bonchev–Trinajstić information content (AvgIpc) is 2.85. The third-order valence-corrected chi connectivity index (χ3v) is 3.71. The van der Waals surface area contributed by atoms with E-state index in [2.05, 4.69) is 52.1 Å². The van der Waals surface area contributed by atoms with Gasteiger partial charge in [0, 0.05) is 64.8 Å². The number of hydrogen-bond donors (Lipinski definition) is 1. The Morgan fingerprint density at radius 3 is 2.67 bits per heavy atom. The molecule has 0 unspecified atom stereocenters. The van der Waals surface area contributed by atoms with Crippen LogP contribution in [0.15, 0.2) is 18.5 Å². The van der Waals surface area contributed by atoms with Gasteiger partial charge in [-0.3, -0.25) is 4.90 Å². The Balaban J connectivity index is 1.58. The SMILES string of the molecule is CCn1ccc(CNCCN2CCN(C)CC2)c1. The van der Waals surface area contributed by atoms with Crippen molar-refractivity contribution in [2.75, 3.05) is 46.3 Å². The summed E-state index contributed by atoms with van der Waals surface area (Å²) in [6, 6.07) is 2.20. The first-order valence-corrected chi connectivity index (χ1v) is 7.04. The molecule has 2 heterocycles. The maximum Gasteiger partial charge on any atom is 0.0221 e. The monoisotopic (exact) mass is 250 g/mol. The highest BCUT2D eigenvalue weighted by atomic mass is 15.2. The van der Waals surface area contributed by atoms with Gasteiger partial charge in [0.05, 0.1) is 0 Å². The van der Waals surface area contributed by atoms with Crippen molar-refractivity contribution in [1.82, 2.24) is 19.7 Å². The summed E-state index contributed by atoms with van der Waals surface area (Å²) < 4.78 is 2.22. The molecule has 0 spiro atoms. The summed E-state index contributed by atoms with van der Waals surface area (Å²) in [7, 11) is 2.20. The predicted octanol–water partition coefficient (Wildman–Crippen LogP) is 0.845. The normalized spacial score (nSPS) is 18.3. The van der Waals surface area contributed by atoms with Crippen LogP contribution in [0.3, 0.4) is 0 Å². The molecule has 0 bridgehead atoms. The number of rotatable bonds is 6. The van der Waals surface area contributed by atoms with E-state index in [9.17, 15) is 0 Å². The van der Waals surface area contributed by atoms with Crippen LogP contribution in [0.1, 0.15) is 12.5 Å². The Kier molecular flexibility index (Phi) is 5.23.